The molecule has 0 radical (unpaired) electrons. The number of nitrogens with two attached hydrogens (primary N) is 1. The topological polar surface area (TPSA) is 92.9 Å². The number of aromatic nitrogens is 2. The molecule has 0 bridgehead atoms. The van der Waals surface area contributed by atoms with Crippen molar-refractivity contribution in [3.63, 3.8) is 0 Å². The second-order valence-electron chi connectivity index (χ2n) is 3.18. The van der Waals surface area contributed by atoms with Crippen LogP contribution >= 0.6 is 0 Å². The maximum Gasteiger partial charge on any atom is 0.324 e. The summed E-state index contributed by atoms with van der Waals surface area (Å²) >= 11 is 0. The van der Waals surface area contributed by atoms with Gasteiger partial charge in [-0.2, -0.15) is 8.78 Å². The van der Waals surface area contributed by atoms with Gasteiger partial charge in [0.1, 0.15) is 5.69 Å². The van der Waals surface area contributed by atoms with Crippen molar-refractivity contribution in [3.8, 4) is 0 Å². The molecule has 0 aliphatic heterocycles. The molecule has 1 rings (SSSR count). The monoisotopic (exact) mass is 267 g/mol. The van der Waals surface area contributed by atoms with Crippen LogP contribution in [0.25, 0.3) is 0 Å². The molecule has 1 aromatic rings. The number of anilines is 1. The van der Waals surface area contributed by atoms with Crippen LogP contribution in [0.3, 0.4) is 0 Å². The minimum atomic E-state index is -4.29. The van der Waals surface area contributed by atoms with Crippen molar-refractivity contribution in [2.45, 2.75) is 12.3 Å². The summed E-state index contributed by atoms with van der Waals surface area (Å²) in [5.74, 6) is -0.179. The van der Waals surface area contributed by atoms with Crippen molar-refractivity contribution < 1.29 is 22.4 Å². The quantitative estimate of drug-likeness (QED) is 0.408. The van der Waals surface area contributed by atoms with Crippen molar-refractivity contribution in [1.82, 2.24) is 15.3 Å². The molecular weight excluding hydrogens is 258 g/mol. The maximum absolute atomic E-state index is 12.5. The minimum Gasteiger partial charge on any atom is -0.344 e. The number of hydrogen-bond donors (Lipinski definition) is 3. The molecule has 1 aromatic heterocycles. The van der Waals surface area contributed by atoms with E-state index in [2.05, 4.69) is 15.4 Å². The van der Waals surface area contributed by atoms with Crippen molar-refractivity contribution in [1.29, 1.82) is 0 Å². The molecule has 6 nitrogen and oxygen atoms in total. The summed E-state index contributed by atoms with van der Waals surface area (Å²) in [5.41, 5.74) is 1.85. The summed E-state index contributed by atoms with van der Waals surface area (Å²) in [6.07, 6.45) is -1.81. The van der Waals surface area contributed by atoms with E-state index >= 15 is 0 Å². The fourth-order valence-electron chi connectivity index (χ4n) is 0.886. The summed E-state index contributed by atoms with van der Waals surface area (Å²) in [4.78, 5) is 18.4. The lowest BCUT2D eigenvalue weighted by atomic mass is 10.3. The molecule has 0 spiro atoms. The zero-order chi connectivity index (χ0) is 13.8. The number of hydrazine groups is 1. The summed E-state index contributed by atoms with van der Waals surface area (Å²) < 4.78 is 48.7. The number of rotatable bonds is 5. The molecule has 0 unspecified atom stereocenters. The van der Waals surface area contributed by atoms with E-state index in [1.54, 1.807) is 5.32 Å². The van der Waals surface area contributed by atoms with Gasteiger partial charge in [0, 0.05) is 0 Å². The lowest BCUT2D eigenvalue weighted by Gasteiger charge is -2.15. The van der Waals surface area contributed by atoms with Gasteiger partial charge in [-0.1, -0.05) is 0 Å². The highest BCUT2D eigenvalue weighted by Crippen LogP contribution is 2.21. The first-order chi connectivity index (χ1) is 8.36. The Bertz CT molecular complexity index is 410. The Morgan fingerprint density at radius 3 is 2.50 bits per heavy atom. The molecule has 0 atom stereocenters. The van der Waals surface area contributed by atoms with Gasteiger partial charge in [-0.3, -0.25) is 4.79 Å². The van der Waals surface area contributed by atoms with Gasteiger partial charge in [-0.15, -0.1) is 0 Å². The van der Waals surface area contributed by atoms with E-state index in [0.29, 0.717) is 0 Å². The summed E-state index contributed by atoms with van der Waals surface area (Å²) in [7, 11) is 0. The van der Waals surface area contributed by atoms with E-state index in [0.717, 1.165) is 12.4 Å². The van der Waals surface area contributed by atoms with Crippen LogP contribution in [0.5, 0.6) is 0 Å². The third-order valence-electron chi connectivity index (χ3n) is 1.84. The van der Waals surface area contributed by atoms with Crippen molar-refractivity contribution >= 4 is 11.7 Å². The number of nitrogens with one attached hydrogen (secondary N) is 2. The van der Waals surface area contributed by atoms with Crippen LogP contribution in [-0.2, 0) is 0 Å². The molecule has 1 heterocycles. The molecule has 0 saturated heterocycles. The van der Waals surface area contributed by atoms with Crippen LogP contribution < -0.4 is 16.6 Å². The third kappa shape index (κ3) is 3.52. The average Bonchev–Trinajstić information content (AvgIpc) is 2.36. The van der Waals surface area contributed by atoms with Crippen LogP contribution in [0.2, 0.25) is 0 Å². The van der Waals surface area contributed by atoms with Crippen molar-refractivity contribution in [2.75, 3.05) is 12.0 Å². The SMILES string of the molecule is NNc1cnc(C(=O)NCC(F)(F)C(F)F)cn1. The number of amides is 1. The number of nitrogen functional groups attached to an aromatic ring is 1. The standard InChI is InChI=1S/C8H9F4N5O/c9-7(10)8(11,12)3-16-6(18)4-1-15-5(17-13)2-14-4/h1-2,7H,3,13H2,(H,15,17)(H,16,18). The summed E-state index contributed by atoms with van der Waals surface area (Å²) in [5, 5.41) is 1.63. The van der Waals surface area contributed by atoms with Gasteiger partial charge in [0.25, 0.3) is 5.91 Å². The molecule has 18 heavy (non-hydrogen) atoms. The normalized spacial score (nSPS) is 11.4. The van der Waals surface area contributed by atoms with Crippen molar-refractivity contribution in [3.05, 3.63) is 18.1 Å². The molecular formula is C8H9F4N5O. The number of carbonyl (C=O) groups excluding carboxylic acids is 1. The van der Waals surface area contributed by atoms with Crippen molar-refractivity contribution in [2.24, 2.45) is 5.84 Å². The van der Waals surface area contributed by atoms with Gasteiger partial charge in [-0.05, 0) is 0 Å². The fourth-order valence-corrected chi connectivity index (χ4v) is 0.886. The smallest absolute Gasteiger partial charge is 0.324 e. The van der Waals surface area contributed by atoms with Gasteiger partial charge >= 0.3 is 12.3 Å². The van der Waals surface area contributed by atoms with Crippen LogP contribution in [0.4, 0.5) is 23.4 Å². The Kier molecular flexibility index (Phi) is 4.37. The van der Waals surface area contributed by atoms with Crippen LogP contribution in [0, 0.1) is 0 Å². The van der Waals surface area contributed by atoms with E-state index < -0.39 is 24.8 Å². The Hall–Kier alpha value is -1.97. The predicted molar refractivity (Wildman–Crippen MR) is 53.1 cm³/mol. The maximum atomic E-state index is 12.5. The van der Waals surface area contributed by atoms with Crippen LogP contribution in [0.15, 0.2) is 12.4 Å². The molecule has 100 valence electrons. The first-order valence-electron chi connectivity index (χ1n) is 4.59. The second kappa shape index (κ2) is 5.58. The molecule has 1 amide bonds. The lowest BCUT2D eigenvalue weighted by molar-refractivity contribution is -0.123. The minimum absolute atomic E-state index is 0.157. The second-order valence-corrected chi connectivity index (χ2v) is 3.18. The van der Waals surface area contributed by atoms with Gasteiger partial charge in [0.05, 0.1) is 18.9 Å². The number of carbonyl (C=O) groups is 1. The van der Waals surface area contributed by atoms with Crippen LogP contribution in [0.1, 0.15) is 10.5 Å². The zero-order valence-corrected chi connectivity index (χ0v) is 8.83. The van der Waals surface area contributed by atoms with Gasteiger partial charge < -0.3 is 10.7 Å². The highest BCUT2D eigenvalue weighted by molar-refractivity contribution is 5.92. The van der Waals surface area contributed by atoms with E-state index in [1.807, 2.05) is 0 Å². The molecule has 0 fully saturated rings. The molecule has 4 N–H and O–H groups in total. The largest absolute Gasteiger partial charge is 0.344 e. The highest BCUT2D eigenvalue weighted by atomic mass is 19.3. The zero-order valence-electron chi connectivity index (χ0n) is 8.83. The first-order valence-corrected chi connectivity index (χ1v) is 4.59. The number of halogens is 4. The molecule has 0 aromatic carbocycles. The van der Waals surface area contributed by atoms with Gasteiger partial charge in [0.2, 0.25) is 0 Å². The van der Waals surface area contributed by atoms with Gasteiger partial charge in [0.15, 0.2) is 5.82 Å². The Balaban J connectivity index is 2.60. The van der Waals surface area contributed by atoms with E-state index in [1.165, 1.54) is 0 Å². The molecule has 0 saturated carbocycles. The molecule has 0 aliphatic rings. The third-order valence-corrected chi connectivity index (χ3v) is 1.84. The average molecular weight is 267 g/mol. The Morgan fingerprint density at radius 1 is 1.39 bits per heavy atom. The fraction of sp³-hybridized carbons (Fsp3) is 0.375. The van der Waals surface area contributed by atoms with Crippen LogP contribution in [-0.4, -0.2) is 34.8 Å². The molecule has 10 heteroatoms. The lowest BCUT2D eigenvalue weighted by Crippen LogP contribution is -2.41. The Labute approximate surface area is 98.6 Å². The van der Waals surface area contributed by atoms with E-state index in [9.17, 15) is 22.4 Å². The predicted octanol–water partition coefficient (Wildman–Crippen LogP) is 0.392. The summed E-state index contributed by atoms with van der Waals surface area (Å²) in [6, 6.07) is 0. The van der Waals surface area contributed by atoms with E-state index in [4.69, 9.17) is 5.84 Å². The number of alkyl halides is 4. The summed E-state index contributed by atoms with van der Waals surface area (Å²) in [6.45, 7) is -1.48. The van der Waals surface area contributed by atoms with E-state index in [-0.39, 0.29) is 11.5 Å². The Morgan fingerprint density at radius 2 is 2.06 bits per heavy atom. The number of nitrogens with zero attached hydrogens (tertiary/aromatic N) is 2. The highest BCUT2D eigenvalue weighted by Gasteiger charge is 2.40. The van der Waals surface area contributed by atoms with Gasteiger partial charge in [-0.25, -0.2) is 24.6 Å². The molecule has 0 aliphatic carbocycles. The number of hydrogen-bond acceptors (Lipinski definition) is 5. The first kappa shape index (κ1) is 14.1.